The van der Waals surface area contributed by atoms with Gasteiger partial charge in [-0.2, -0.15) is 0 Å². The molecule has 0 saturated carbocycles. The minimum Gasteiger partial charge on any atom is -0.395 e. The molecular weight excluding hydrogens is 590 g/mol. The lowest BCUT2D eigenvalue weighted by molar-refractivity contribution is -0.165. The molecule has 1 aromatic rings. The van der Waals surface area contributed by atoms with Gasteiger partial charge in [0.25, 0.3) is 0 Å². The lowest BCUT2D eigenvalue weighted by atomic mass is 9.60. The van der Waals surface area contributed by atoms with E-state index in [-0.39, 0.29) is 10.8 Å². The number of aliphatic hydroxyl groups is 4. The largest absolute Gasteiger partial charge is 0.395 e. The Kier molecular flexibility index (Phi) is 19.9. The van der Waals surface area contributed by atoms with Crippen molar-refractivity contribution in [1.82, 2.24) is 0 Å². The van der Waals surface area contributed by atoms with Crippen molar-refractivity contribution in [2.24, 2.45) is 5.41 Å². The molecule has 0 bridgehead atoms. The highest BCUT2D eigenvalue weighted by Gasteiger charge is 2.53. The normalized spacial score (nSPS) is 14.2. The molecule has 1 aromatic carbocycles. The average molecular weight is 653 g/mol. The summed E-state index contributed by atoms with van der Waals surface area (Å²) in [5.41, 5.74) is 0.395. The second-order valence-corrected chi connectivity index (χ2v) is 15.5. The van der Waals surface area contributed by atoms with Crippen molar-refractivity contribution in [2.75, 3.05) is 19.8 Å². The Balaban J connectivity index is 0.00000223. The molecule has 0 aliphatic rings. The molecule has 0 radical (unpaired) electrons. The first-order chi connectivity index (χ1) is 19.9. The Labute approximate surface area is 263 Å². The van der Waals surface area contributed by atoms with Gasteiger partial charge in [0, 0.05) is 0 Å². The van der Waals surface area contributed by atoms with Crippen LogP contribution in [0.4, 0.5) is 0 Å². The first-order valence-electron chi connectivity index (χ1n) is 15.6. The zero-order valence-corrected chi connectivity index (χ0v) is 29.7. The van der Waals surface area contributed by atoms with Crippen molar-refractivity contribution in [3.05, 3.63) is 34.4 Å². The molecule has 0 spiro atoms. The molecule has 43 heavy (non-hydrogen) atoms. The minimum absolute atomic E-state index is 0.265. The highest BCUT2D eigenvalue weighted by molar-refractivity contribution is 7.53. The van der Waals surface area contributed by atoms with Gasteiger partial charge in [0.05, 0.1) is 25.2 Å². The van der Waals surface area contributed by atoms with Crippen LogP contribution in [0.5, 0.6) is 0 Å². The van der Waals surface area contributed by atoms with Gasteiger partial charge in [-0.25, -0.2) is 4.31 Å². The van der Waals surface area contributed by atoms with Crippen LogP contribution in [-0.4, -0.2) is 59.8 Å². The lowest BCUT2D eigenvalue weighted by Crippen LogP contribution is -2.55. The first kappa shape index (κ1) is 42.7. The Morgan fingerprint density at radius 2 is 0.977 bits per heavy atom. The molecule has 1 unspecified atom stereocenters. The van der Waals surface area contributed by atoms with Gasteiger partial charge in [-0.15, -0.1) is 0 Å². The third-order valence-electron chi connectivity index (χ3n) is 8.14. The summed E-state index contributed by atoms with van der Waals surface area (Å²) in [6.07, 6.45) is 12.2. The van der Waals surface area contributed by atoms with E-state index in [9.17, 15) is 20.4 Å². The van der Waals surface area contributed by atoms with Crippen molar-refractivity contribution >= 4 is 17.2 Å². The third kappa shape index (κ3) is 13.9. The average Bonchev–Trinajstić information content (AvgIpc) is 2.89. The number of rotatable bonds is 18. The van der Waals surface area contributed by atoms with Crippen LogP contribution < -0.4 is 0 Å². The molecular formula is C32H62O9P2. The Bertz CT molecular complexity index is 845. The number of aryl methyl sites for hydroxylation is 1. The maximum Gasteiger partial charge on any atom is 0.334 e. The highest BCUT2D eigenvalue weighted by atomic mass is 31.2. The van der Waals surface area contributed by atoms with E-state index in [2.05, 4.69) is 71.8 Å². The van der Waals surface area contributed by atoms with Gasteiger partial charge < -0.3 is 40.0 Å². The number of unbranched alkanes of at least 4 members (excludes halogenated alkanes) is 9. The predicted molar refractivity (Wildman–Crippen MR) is 176 cm³/mol. The summed E-state index contributed by atoms with van der Waals surface area (Å²) in [5, 5.41) is 44.1. The van der Waals surface area contributed by atoms with E-state index in [1.807, 2.05) is 0 Å². The molecule has 0 amide bonds. The molecule has 0 saturated heterocycles. The summed E-state index contributed by atoms with van der Waals surface area (Å²) in [7, 11) is -5.22. The van der Waals surface area contributed by atoms with E-state index in [1.54, 1.807) is 0 Å². The minimum atomic E-state index is -2.61. The summed E-state index contributed by atoms with van der Waals surface area (Å²) >= 11 is 0. The van der Waals surface area contributed by atoms with Crippen LogP contribution in [0.3, 0.4) is 0 Å². The maximum atomic E-state index is 12.6. The van der Waals surface area contributed by atoms with E-state index in [0.29, 0.717) is 6.42 Å². The van der Waals surface area contributed by atoms with Crippen LogP contribution >= 0.6 is 17.2 Å². The second-order valence-electron chi connectivity index (χ2n) is 13.9. The van der Waals surface area contributed by atoms with Gasteiger partial charge in [-0.1, -0.05) is 130 Å². The van der Waals surface area contributed by atoms with Gasteiger partial charge in [0.15, 0.2) is 0 Å². The Hall–Kier alpha value is -0.280. The fourth-order valence-electron chi connectivity index (χ4n) is 5.55. The quantitative estimate of drug-likeness (QED) is 0.0653. The van der Waals surface area contributed by atoms with E-state index in [4.69, 9.17) is 19.6 Å². The SMILES string of the molecule is CCCCCCCCCCCCC(O)(c1c(C(C)(C)C)cc(C)cc1C(C)(C)C)C(CO)(CO)CO.OP(O)OP(O)O. The lowest BCUT2D eigenvalue weighted by Gasteiger charge is -2.49. The smallest absolute Gasteiger partial charge is 0.334 e. The molecule has 9 nitrogen and oxygen atoms in total. The van der Waals surface area contributed by atoms with Crippen molar-refractivity contribution in [2.45, 2.75) is 142 Å². The highest BCUT2D eigenvalue weighted by Crippen LogP contribution is 2.50. The molecule has 254 valence electrons. The molecule has 8 N–H and O–H groups in total. The topological polar surface area (TPSA) is 171 Å². The van der Waals surface area contributed by atoms with Crippen molar-refractivity contribution in [3.63, 3.8) is 0 Å². The van der Waals surface area contributed by atoms with Crippen LogP contribution in [0.2, 0.25) is 0 Å². The summed E-state index contributed by atoms with van der Waals surface area (Å²) in [6, 6.07) is 4.26. The molecule has 11 heteroatoms. The fourth-order valence-corrected chi connectivity index (χ4v) is 6.07. The molecule has 1 rings (SSSR count). The monoisotopic (exact) mass is 652 g/mol. The summed E-state index contributed by atoms with van der Waals surface area (Å²) < 4.78 is 3.60. The van der Waals surface area contributed by atoms with Gasteiger partial charge in [0.2, 0.25) is 0 Å². The predicted octanol–water partition coefficient (Wildman–Crippen LogP) is 6.48. The zero-order valence-electron chi connectivity index (χ0n) is 27.9. The Morgan fingerprint density at radius 3 is 1.26 bits per heavy atom. The van der Waals surface area contributed by atoms with Crippen LogP contribution in [-0.2, 0) is 20.7 Å². The molecule has 0 aromatic heterocycles. The third-order valence-corrected chi connectivity index (χ3v) is 9.30. The summed E-state index contributed by atoms with van der Waals surface area (Å²) in [6.45, 7) is 15.7. The van der Waals surface area contributed by atoms with E-state index in [1.165, 1.54) is 44.9 Å². The summed E-state index contributed by atoms with van der Waals surface area (Å²) in [4.78, 5) is 31.3. The first-order valence-corrected chi connectivity index (χ1v) is 17.9. The molecule has 0 aliphatic carbocycles. The number of hydrogen-bond donors (Lipinski definition) is 8. The standard InChI is InChI=1S/C32H58O4.H4O5P2/c1-9-10-11-12-13-14-15-16-17-18-19-32(36,31(22-33,23-34)24-35)28-26(29(3,4)5)20-25(2)21-27(28)30(6,7)8;1-6(2)5-7(3)4/h20-21,33-36H,9-19,22-24H2,1-8H3;1-4H. The van der Waals surface area contributed by atoms with Gasteiger partial charge >= 0.3 is 17.2 Å². The van der Waals surface area contributed by atoms with E-state index >= 15 is 0 Å². The van der Waals surface area contributed by atoms with Crippen LogP contribution in [0.1, 0.15) is 141 Å². The molecule has 0 fully saturated rings. The number of aliphatic hydroxyl groups excluding tert-OH is 3. The van der Waals surface area contributed by atoms with Crippen molar-refractivity contribution in [3.8, 4) is 0 Å². The number of benzene rings is 1. The van der Waals surface area contributed by atoms with E-state index in [0.717, 1.165) is 41.5 Å². The molecule has 1 atom stereocenters. The second kappa shape index (κ2) is 20.1. The van der Waals surface area contributed by atoms with Crippen molar-refractivity contribution in [1.29, 1.82) is 0 Å². The molecule has 0 heterocycles. The zero-order chi connectivity index (χ0) is 33.5. The Morgan fingerprint density at radius 1 is 0.628 bits per heavy atom. The fraction of sp³-hybridized carbons (Fsp3) is 0.812. The van der Waals surface area contributed by atoms with Crippen LogP contribution in [0, 0.1) is 12.3 Å². The van der Waals surface area contributed by atoms with Crippen molar-refractivity contribution < 1.29 is 44.3 Å². The van der Waals surface area contributed by atoms with Gasteiger partial charge in [0.1, 0.15) is 5.60 Å². The van der Waals surface area contributed by atoms with Crippen LogP contribution in [0.15, 0.2) is 12.1 Å². The van der Waals surface area contributed by atoms with Gasteiger partial charge in [-0.05, 0) is 40.9 Å². The van der Waals surface area contributed by atoms with Crippen LogP contribution in [0.25, 0.3) is 0 Å². The number of hydrogen-bond acceptors (Lipinski definition) is 9. The molecule has 0 aliphatic heterocycles. The summed E-state index contributed by atoms with van der Waals surface area (Å²) in [5.74, 6) is 0. The maximum absolute atomic E-state index is 12.6. The van der Waals surface area contributed by atoms with E-state index < -0.39 is 48.0 Å². The van der Waals surface area contributed by atoms with Gasteiger partial charge in [-0.3, -0.25) is 0 Å².